The Balaban J connectivity index is 2.20. The molecule has 6 heteroatoms. The van der Waals surface area contributed by atoms with Crippen molar-refractivity contribution in [3.8, 4) is 5.75 Å². The molecule has 1 unspecified atom stereocenters. The van der Waals surface area contributed by atoms with Crippen LogP contribution in [0.25, 0.3) is 0 Å². The first kappa shape index (κ1) is 14.5. The molecule has 108 valence electrons. The summed E-state index contributed by atoms with van der Waals surface area (Å²) in [5.74, 6) is 0.108. The molecule has 0 saturated carbocycles. The van der Waals surface area contributed by atoms with Gasteiger partial charge in [-0.25, -0.2) is 0 Å². The second kappa shape index (κ2) is 6.00. The van der Waals surface area contributed by atoms with Crippen molar-refractivity contribution in [2.24, 2.45) is 5.73 Å². The lowest BCUT2D eigenvalue weighted by Crippen LogP contribution is -2.20. The summed E-state index contributed by atoms with van der Waals surface area (Å²) in [7, 11) is 0. The van der Waals surface area contributed by atoms with Gasteiger partial charge in [0.25, 0.3) is 0 Å². The number of ether oxygens (including phenoxy) is 1. The maximum Gasteiger partial charge on any atom is 0.387 e. The molecule has 0 amide bonds. The third-order valence-corrected chi connectivity index (χ3v) is 3.01. The second-order valence-electron chi connectivity index (χ2n) is 4.63. The van der Waals surface area contributed by atoms with E-state index in [2.05, 4.69) is 9.84 Å². The Morgan fingerprint density at radius 1 is 1.30 bits per heavy atom. The first-order chi connectivity index (χ1) is 9.47. The van der Waals surface area contributed by atoms with Crippen molar-refractivity contribution in [1.82, 2.24) is 9.78 Å². The zero-order valence-corrected chi connectivity index (χ0v) is 11.4. The highest BCUT2D eigenvalue weighted by Crippen LogP contribution is 2.26. The van der Waals surface area contributed by atoms with Crippen LogP contribution in [0.2, 0.25) is 0 Å². The summed E-state index contributed by atoms with van der Waals surface area (Å²) in [6, 6.07) is 8.03. The first-order valence-electron chi connectivity index (χ1n) is 6.27. The van der Waals surface area contributed by atoms with Crippen molar-refractivity contribution in [3.05, 3.63) is 47.3 Å². The van der Waals surface area contributed by atoms with E-state index in [1.807, 2.05) is 19.9 Å². The van der Waals surface area contributed by atoms with Crippen LogP contribution in [0.3, 0.4) is 0 Å². The minimum absolute atomic E-state index is 0.108. The first-order valence-corrected chi connectivity index (χ1v) is 6.27. The molecule has 2 aromatic rings. The summed E-state index contributed by atoms with van der Waals surface area (Å²) < 4.78 is 31.0. The summed E-state index contributed by atoms with van der Waals surface area (Å²) in [4.78, 5) is 0. The van der Waals surface area contributed by atoms with E-state index in [1.165, 1.54) is 6.07 Å². The SMILES string of the molecule is Cc1cc(C)n(CC(N)c2ccccc2OC(F)F)n1. The van der Waals surface area contributed by atoms with E-state index in [9.17, 15) is 8.78 Å². The van der Waals surface area contributed by atoms with Gasteiger partial charge in [0.1, 0.15) is 5.75 Å². The molecule has 2 rings (SSSR count). The Morgan fingerprint density at radius 3 is 2.60 bits per heavy atom. The summed E-state index contributed by atoms with van der Waals surface area (Å²) >= 11 is 0. The van der Waals surface area contributed by atoms with Gasteiger partial charge in [-0.3, -0.25) is 4.68 Å². The lowest BCUT2D eigenvalue weighted by atomic mass is 10.1. The number of nitrogens with zero attached hydrogens (tertiary/aromatic N) is 2. The van der Waals surface area contributed by atoms with Gasteiger partial charge in [0.15, 0.2) is 0 Å². The lowest BCUT2D eigenvalue weighted by Gasteiger charge is -2.17. The molecule has 0 aliphatic carbocycles. The average molecular weight is 281 g/mol. The highest BCUT2D eigenvalue weighted by molar-refractivity contribution is 5.35. The maximum atomic E-state index is 12.4. The molecule has 0 saturated heterocycles. The Bertz CT molecular complexity index is 584. The Hall–Kier alpha value is -1.95. The van der Waals surface area contributed by atoms with E-state index in [0.717, 1.165) is 11.4 Å². The highest BCUT2D eigenvalue weighted by atomic mass is 19.3. The number of alkyl halides is 2. The number of hydrogen-bond acceptors (Lipinski definition) is 3. The van der Waals surface area contributed by atoms with Gasteiger partial charge >= 0.3 is 6.61 Å². The van der Waals surface area contributed by atoms with Crippen LogP contribution in [-0.2, 0) is 6.54 Å². The zero-order valence-electron chi connectivity index (χ0n) is 11.4. The van der Waals surface area contributed by atoms with Crippen molar-refractivity contribution in [3.63, 3.8) is 0 Å². The third-order valence-electron chi connectivity index (χ3n) is 3.01. The van der Waals surface area contributed by atoms with E-state index in [1.54, 1.807) is 22.9 Å². The summed E-state index contributed by atoms with van der Waals surface area (Å²) in [5, 5.41) is 4.31. The predicted molar refractivity (Wildman–Crippen MR) is 71.7 cm³/mol. The fourth-order valence-electron chi connectivity index (χ4n) is 2.13. The molecule has 0 radical (unpaired) electrons. The molecular weight excluding hydrogens is 264 g/mol. The number of rotatable bonds is 5. The summed E-state index contributed by atoms with van der Waals surface area (Å²) in [5.41, 5.74) is 8.51. The van der Waals surface area contributed by atoms with Crippen molar-refractivity contribution in [2.45, 2.75) is 33.0 Å². The van der Waals surface area contributed by atoms with Crippen LogP contribution < -0.4 is 10.5 Å². The van der Waals surface area contributed by atoms with E-state index in [4.69, 9.17) is 5.73 Å². The molecule has 1 heterocycles. The minimum atomic E-state index is -2.86. The molecule has 20 heavy (non-hydrogen) atoms. The van der Waals surface area contributed by atoms with E-state index >= 15 is 0 Å². The van der Waals surface area contributed by atoms with Gasteiger partial charge in [0.2, 0.25) is 0 Å². The molecule has 0 spiro atoms. The predicted octanol–water partition coefficient (Wildman–Crippen LogP) is 2.80. The van der Waals surface area contributed by atoms with Crippen LogP contribution in [0, 0.1) is 13.8 Å². The van der Waals surface area contributed by atoms with Crippen molar-refractivity contribution in [2.75, 3.05) is 0 Å². The van der Waals surface area contributed by atoms with Crippen LogP contribution >= 0.6 is 0 Å². The molecule has 1 atom stereocenters. The Kier molecular flexibility index (Phi) is 4.34. The quantitative estimate of drug-likeness (QED) is 0.917. The Labute approximate surface area is 116 Å². The molecule has 0 bridgehead atoms. The molecule has 0 aliphatic heterocycles. The Morgan fingerprint density at radius 2 is 2.00 bits per heavy atom. The van der Waals surface area contributed by atoms with Gasteiger partial charge in [0, 0.05) is 11.3 Å². The molecule has 1 aromatic carbocycles. The molecule has 0 aliphatic rings. The maximum absolute atomic E-state index is 12.4. The lowest BCUT2D eigenvalue weighted by molar-refractivity contribution is -0.0506. The van der Waals surface area contributed by atoms with Crippen molar-refractivity contribution < 1.29 is 13.5 Å². The largest absolute Gasteiger partial charge is 0.434 e. The molecular formula is C14H17F2N3O. The van der Waals surface area contributed by atoms with Crippen LogP contribution in [0.4, 0.5) is 8.78 Å². The van der Waals surface area contributed by atoms with Crippen LogP contribution in [0.1, 0.15) is 23.0 Å². The normalized spacial score (nSPS) is 12.7. The van der Waals surface area contributed by atoms with Gasteiger partial charge in [-0.05, 0) is 26.0 Å². The van der Waals surface area contributed by atoms with E-state index in [-0.39, 0.29) is 5.75 Å². The molecule has 2 N–H and O–H groups in total. The summed E-state index contributed by atoms with van der Waals surface area (Å²) in [6.45, 7) is 1.36. The molecule has 4 nitrogen and oxygen atoms in total. The monoisotopic (exact) mass is 281 g/mol. The van der Waals surface area contributed by atoms with Gasteiger partial charge < -0.3 is 10.5 Å². The van der Waals surface area contributed by atoms with E-state index < -0.39 is 12.7 Å². The van der Waals surface area contributed by atoms with Crippen LogP contribution in [0.15, 0.2) is 30.3 Å². The van der Waals surface area contributed by atoms with Crippen molar-refractivity contribution in [1.29, 1.82) is 0 Å². The summed E-state index contributed by atoms with van der Waals surface area (Å²) in [6.07, 6.45) is 0. The number of benzene rings is 1. The second-order valence-corrected chi connectivity index (χ2v) is 4.63. The highest BCUT2D eigenvalue weighted by Gasteiger charge is 2.16. The topological polar surface area (TPSA) is 53.1 Å². The van der Waals surface area contributed by atoms with Gasteiger partial charge in [-0.2, -0.15) is 13.9 Å². The third kappa shape index (κ3) is 3.33. The number of para-hydroxylation sites is 1. The number of halogens is 2. The fraction of sp³-hybridized carbons (Fsp3) is 0.357. The molecule has 1 aromatic heterocycles. The smallest absolute Gasteiger partial charge is 0.387 e. The molecule has 0 fully saturated rings. The number of aryl methyl sites for hydroxylation is 2. The zero-order chi connectivity index (χ0) is 14.7. The number of hydrogen-bond donors (Lipinski definition) is 1. The van der Waals surface area contributed by atoms with Gasteiger partial charge in [-0.15, -0.1) is 0 Å². The minimum Gasteiger partial charge on any atom is -0.434 e. The fourth-order valence-corrected chi connectivity index (χ4v) is 2.13. The number of aromatic nitrogens is 2. The standard InChI is InChI=1S/C14H17F2N3O/c1-9-7-10(2)19(18-9)8-12(17)11-5-3-4-6-13(11)20-14(15)16/h3-7,12,14H,8,17H2,1-2H3. The van der Waals surface area contributed by atoms with E-state index in [0.29, 0.717) is 12.1 Å². The number of nitrogens with two attached hydrogens (primary N) is 1. The van der Waals surface area contributed by atoms with Crippen LogP contribution in [0.5, 0.6) is 5.75 Å². The van der Waals surface area contributed by atoms with Crippen molar-refractivity contribution >= 4 is 0 Å². The van der Waals surface area contributed by atoms with Crippen LogP contribution in [-0.4, -0.2) is 16.4 Å². The van der Waals surface area contributed by atoms with Gasteiger partial charge in [-0.1, -0.05) is 18.2 Å². The average Bonchev–Trinajstić information content (AvgIpc) is 2.67. The van der Waals surface area contributed by atoms with Gasteiger partial charge in [0.05, 0.1) is 18.3 Å².